The molecule has 0 saturated heterocycles. The van der Waals surface area contributed by atoms with E-state index >= 15 is 0 Å². The lowest BCUT2D eigenvalue weighted by atomic mass is 10.1. The molecule has 0 saturated carbocycles. The Bertz CT molecular complexity index is 694. The van der Waals surface area contributed by atoms with Crippen molar-refractivity contribution in [2.75, 3.05) is 11.9 Å². The average molecular weight is 346 g/mol. The minimum Gasteiger partial charge on any atom is -0.452 e. The van der Waals surface area contributed by atoms with Gasteiger partial charge in [-0.05, 0) is 26.0 Å². The highest BCUT2D eigenvalue weighted by Gasteiger charge is 2.33. The number of allylic oxidation sites excluding steroid dienone is 1. The summed E-state index contributed by atoms with van der Waals surface area (Å²) in [5.74, 6) is -1.71. The molecular formula is C14H13F3N2O5. The summed E-state index contributed by atoms with van der Waals surface area (Å²) in [6.07, 6.45) is -3.62. The van der Waals surface area contributed by atoms with Gasteiger partial charge in [-0.25, -0.2) is 4.79 Å². The smallest absolute Gasteiger partial charge is 0.416 e. The number of hydrogen-bond acceptors (Lipinski definition) is 5. The number of benzene rings is 1. The quantitative estimate of drug-likeness (QED) is 0.382. The third-order valence-electron chi connectivity index (χ3n) is 2.55. The second-order valence-electron chi connectivity index (χ2n) is 4.86. The van der Waals surface area contributed by atoms with Crippen molar-refractivity contribution in [3.05, 3.63) is 45.5 Å². The lowest BCUT2D eigenvalue weighted by molar-refractivity contribution is -0.384. The van der Waals surface area contributed by atoms with Crippen molar-refractivity contribution in [1.82, 2.24) is 0 Å². The lowest BCUT2D eigenvalue weighted by Crippen LogP contribution is -2.21. The maximum atomic E-state index is 12.6. The summed E-state index contributed by atoms with van der Waals surface area (Å²) in [6.45, 7) is 2.53. The van der Waals surface area contributed by atoms with Crippen molar-refractivity contribution in [3.8, 4) is 0 Å². The summed E-state index contributed by atoms with van der Waals surface area (Å²) < 4.78 is 42.3. The molecule has 0 aliphatic heterocycles. The number of carbonyl (C=O) groups excluding carboxylic acids is 2. The number of halogens is 3. The number of nitro benzene ring substituents is 1. The van der Waals surface area contributed by atoms with Crippen LogP contribution >= 0.6 is 0 Å². The first-order valence-corrected chi connectivity index (χ1v) is 6.48. The molecule has 1 rings (SSSR count). The molecule has 1 aromatic carbocycles. The van der Waals surface area contributed by atoms with E-state index in [0.717, 1.165) is 12.1 Å². The number of esters is 1. The molecule has 1 amide bonds. The van der Waals surface area contributed by atoms with Gasteiger partial charge in [0.05, 0.1) is 10.5 Å². The molecule has 10 heteroatoms. The molecule has 0 bridgehead atoms. The Labute approximate surface area is 134 Å². The van der Waals surface area contributed by atoms with Crippen LogP contribution in [0.4, 0.5) is 24.5 Å². The SMILES string of the molecule is CC(C)=CC(=O)OCC(=O)Nc1ccc(C(F)(F)F)cc1[N+](=O)[O-]. The van der Waals surface area contributed by atoms with Crippen LogP contribution in [-0.2, 0) is 20.5 Å². The molecule has 0 aliphatic carbocycles. The first kappa shape index (κ1) is 19.1. The summed E-state index contributed by atoms with van der Waals surface area (Å²) >= 11 is 0. The van der Waals surface area contributed by atoms with Crippen molar-refractivity contribution in [3.63, 3.8) is 0 Å². The van der Waals surface area contributed by atoms with Gasteiger partial charge in [0.2, 0.25) is 0 Å². The van der Waals surface area contributed by atoms with E-state index in [1.54, 1.807) is 13.8 Å². The number of nitrogens with one attached hydrogen (secondary N) is 1. The molecule has 0 unspecified atom stereocenters. The van der Waals surface area contributed by atoms with Crippen LogP contribution in [0.5, 0.6) is 0 Å². The third-order valence-corrected chi connectivity index (χ3v) is 2.55. The minimum atomic E-state index is -4.76. The van der Waals surface area contributed by atoms with Crippen molar-refractivity contribution in [2.45, 2.75) is 20.0 Å². The van der Waals surface area contributed by atoms with Crippen LogP contribution in [0.3, 0.4) is 0 Å². The molecule has 7 nitrogen and oxygen atoms in total. The van der Waals surface area contributed by atoms with Gasteiger partial charge in [0.25, 0.3) is 11.6 Å². The molecule has 0 spiro atoms. The highest BCUT2D eigenvalue weighted by atomic mass is 19.4. The summed E-state index contributed by atoms with van der Waals surface area (Å²) in [4.78, 5) is 32.6. The lowest BCUT2D eigenvalue weighted by Gasteiger charge is -2.10. The van der Waals surface area contributed by atoms with E-state index in [9.17, 15) is 32.9 Å². The van der Waals surface area contributed by atoms with Gasteiger partial charge in [-0.15, -0.1) is 0 Å². The number of hydrogen-bond donors (Lipinski definition) is 1. The zero-order chi connectivity index (χ0) is 18.5. The first-order chi connectivity index (χ1) is 11.0. The Morgan fingerprint density at radius 2 is 1.96 bits per heavy atom. The van der Waals surface area contributed by atoms with E-state index in [1.807, 2.05) is 5.32 Å². The van der Waals surface area contributed by atoms with Crippen LogP contribution in [0.1, 0.15) is 19.4 Å². The summed E-state index contributed by atoms with van der Waals surface area (Å²) in [5, 5.41) is 12.9. The van der Waals surface area contributed by atoms with Gasteiger partial charge in [-0.1, -0.05) is 5.57 Å². The predicted molar refractivity (Wildman–Crippen MR) is 77.1 cm³/mol. The van der Waals surface area contributed by atoms with E-state index in [2.05, 4.69) is 4.74 Å². The number of amides is 1. The van der Waals surface area contributed by atoms with Crippen molar-refractivity contribution in [1.29, 1.82) is 0 Å². The predicted octanol–water partition coefficient (Wildman–Crippen LogP) is 3.06. The number of carbonyl (C=O) groups is 2. The topological polar surface area (TPSA) is 98.5 Å². The Morgan fingerprint density at radius 3 is 2.46 bits per heavy atom. The van der Waals surface area contributed by atoms with Crippen molar-refractivity contribution >= 4 is 23.3 Å². The highest BCUT2D eigenvalue weighted by Crippen LogP contribution is 2.34. The van der Waals surface area contributed by atoms with E-state index in [-0.39, 0.29) is 0 Å². The normalized spacial score (nSPS) is 10.7. The highest BCUT2D eigenvalue weighted by molar-refractivity contribution is 5.95. The van der Waals surface area contributed by atoms with Crippen LogP contribution in [0.2, 0.25) is 0 Å². The Balaban J connectivity index is 2.87. The van der Waals surface area contributed by atoms with Crippen molar-refractivity contribution < 1.29 is 32.4 Å². The third kappa shape index (κ3) is 5.71. The molecular weight excluding hydrogens is 333 g/mol. The largest absolute Gasteiger partial charge is 0.452 e. The maximum absolute atomic E-state index is 12.6. The molecule has 0 radical (unpaired) electrons. The second kappa shape index (κ2) is 7.57. The maximum Gasteiger partial charge on any atom is 0.416 e. The van der Waals surface area contributed by atoms with E-state index < -0.39 is 46.5 Å². The van der Waals surface area contributed by atoms with E-state index in [0.29, 0.717) is 17.7 Å². The van der Waals surface area contributed by atoms with Crippen LogP contribution < -0.4 is 5.32 Å². The van der Waals surface area contributed by atoms with Crippen LogP contribution in [-0.4, -0.2) is 23.4 Å². The molecule has 1 N–H and O–H groups in total. The second-order valence-corrected chi connectivity index (χ2v) is 4.86. The summed E-state index contributed by atoms with van der Waals surface area (Å²) in [5.41, 5.74) is -1.94. The zero-order valence-electron chi connectivity index (χ0n) is 12.6. The van der Waals surface area contributed by atoms with Gasteiger partial charge < -0.3 is 10.1 Å². The zero-order valence-corrected chi connectivity index (χ0v) is 12.6. The van der Waals surface area contributed by atoms with E-state index in [1.165, 1.54) is 0 Å². The van der Waals surface area contributed by atoms with Crippen molar-refractivity contribution in [2.24, 2.45) is 0 Å². The molecule has 0 aliphatic rings. The molecule has 0 atom stereocenters. The number of alkyl halides is 3. The fourth-order valence-corrected chi connectivity index (χ4v) is 1.57. The molecule has 0 fully saturated rings. The monoisotopic (exact) mass is 346 g/mol. The number of nitrogens with zero attached hydrogens (tertiary/aromatic N) is 1. The van der Waals surface area contributed by atoms with Gasteiger partial charge in [-0.2, -0.15) is 13.2 Å². The molecule has 1 aromatic rings. The fraction of sp³-hybridized carbons (Fsp3) is 0.286. The average Bonchev–Trinajstić information content (AvgIpc) is 2.43. The Hall–Kier alpha value is -2.91. The van der Waals surface area contributed by atoms with Crippen LogP contribution in [0.15, 0.2) is 29.8 Å². The fourth-order valence-electron chi connectivity index (χ4n) is 1.57. The number of rotatable bonds is 5. The first-order valence-electron chi connectivity index (χ1n) is 6.48. The summed E-state index contributed by atoms with van der Waals surface area (Å²) in [7, 11) is 0. The van der Waals surface area contributed by atoms with E-state index in [4.69, 9.17) is 0 Å². The number of nitro groups is 1. The number of ether oxygens (including phenoxy) is 1. The van der Waals surface area contributed by atoms with Crippen LogP contribution in [0.25, 0.3) is 0 Å². The molecule has 0 aromatic heterocycles. The standard InChI is InChI=1S/C14H13F3N2O5/c1-8(2)5-13(21)24-7-12(20)18-10-4-3-9(14(15,16)17)6-11(10)19(22)23/h3-6H,7H2,1-2H3,(H,18,20). The molecule has 24 heavy (non-hydrogen) atoms. The number of anilines is 1. The van der Waals surface area contributed by atoms with Gasteiger partial charge in [0.1, 0.15) is 5.69 Å². The Morgan fingerprint density at radius 1 is 1.33 bits per heavy atom. The summed E-state index contributed by atoms with van der Waals surface area (Å²) in [6, 6.07) is 1.67. The van der Waals surface area contributed by atoms with Crippen LogP contribution in [0, 0.1) is 10.1 Å². The van der Waals surface area contributed by atoms with Gasteiger partial charge in [0, 0.05) is 12.1 Å². The minimum absolute atomic E-state index is 0.310. The molecule has 130 valence electrons. The van der Waals surface area contributed by atoms with Gasteiger partial charge >= 0.3 is 12.1 Å². The van der Waals surface area contributed by atoms with Gasteiger partial charge in [0.15, 0.2) is 6.61 Å². The van der Waals surface area contributed by atoms with Gasteiger partial charge in [-0.3, -0.25) is 14.9 Å². The Kier molecular flexibility index (Phi) is 6.04. The molecule has 0 heterocycles.